The van der Waals surface area contributed by atoms with Crippen LogP contribution < -0.4 is 5.32 Å². The zero-order valence-corrected chi connectivity index (χ0v) is 14.8. The maximum atomic E-state index is 5.96. The summed E-state index contributed by atoms with van der Waals surface area (Å²) in [6, 6.07) is 0.510. The van der Waals surface area contributed by atoms with Crippen LogP contribution in [0.1, 0.15) is 74.9 Å². The van der Waals surface area contributed by atoms with E-state index in [2.05, 4.69) is 26.1 Å². The highest BCUT2D eigenvalue weighted by molar-refractivity contribution is 7.11. The molecule has 0 atom stereocenters. The van der Waals surface area contributed by atoms with Crippen molar-refractivity contribution < 1.29 is 4.74 Å². The lowest BCUT2D eigenvalue weighted by atomic mass is 9.85. The Morgan fingerprint density at radius 1 is 1.29 bits per heavy atom. The molecule has 3 nitrogen and oxygen atoms in total. The van der Waals surface area contributed by atoms with Gasteiger partial charge in [0.25, 0.3) is 0 Å². The Morgan fingerprint density at radius 3 is 2.57 bits per heavy atom. The molecule has 0 unspecified atom stereocenters. The predicted octanol–water partition coefficient (Wildman–Crippen LogP) is 4.40. The van der Waals surface area contributed by atoms with Crippen LogP contribution in [0.2, 0.25) is 0 Å². The van der Waals surface area contributed by atoms with Crippen LogP contribution in [0.3, 0.4) is 0 Å². The monoisotopic (exact) mass is 310 g/mol. The molecule has 0 aliphatic heterocycles. The molecule has 1 aliphatic rings. The molecule has 0 amide bonds. The molecule has 0 spiro atoms. The Labute approximate surface area is 133 Å². The fourth-order valence-corrected chi connectivity index (χ4v) is 4.36. The lowest BCUT2D eigenvalue weighted by Crippen LogP contribution is -2.31. The van der Waals surface area contributed by atoms with Crippen LogP contribution in [0.5, 0.6) is 0 Å². The Kier molecular flexibility index (Phi) is 6.20. The highest BCUT2D eigenvalue weighted by atomic mass is 32.1. The second kappa shape index (κ2) is 7.70. The first-order valence-corrected chi connectivity index (χ1v) is 9.20. The summed E-state index contributed by atoms with van der Waals surface area (Å²) < 4.78 is 5.96. The third-order valence-electron chi connectivity index (χ3n) is 4.38. The summed E-state index contributed by atoms with van der Waals surface area (Å²) in [6.45, 7) is 7.55. The molecule has 1 aromatic rings. The zero-order valence-electron chi connectivity index (χ0n) is 14.0. The zero-order chi connectivity index (χ0) is 15.3. The van der Waals surface area contributed by atoms with Crippen LogP contribution in [-0.2, 0) is 23.3 Å². The van der Waals surface area contributed by atoms with Gasteiger partial charge < -0.3 is 10.1 Å². The van der Waals surface area contributed by atoms with E-state index in [4.69, 9.17) is 9.72 Å². The Balaban J connectivity index is 2.24. The molecule has 1 aromatic heterocycles. The van der Waals surface area contributed by atoms with Gasteiger partial charge in [-0.1, -0.05) is 46.5 Å². The van der Waals surface area contributed by atoms with Crippen molar-refractivity contribution >= 4 is 11.3 Å². The molecule has 0 aromatic carbocycles. The van der Waals surface area contributed by atoms with E-state index >= 15 is 0 Å². The van der Waals surface area contributed by atoms with Gasteiger partial charge in [-0.05, 0) is 19.3 Å². The minimum absolute atomic E-state index is 0.110. The van der Waals surface area contributed by atoms with Crippen LogP contribution in [0.25, 0.3) is 0 Å². The second-order valence-electron chi connectivity index (χ2n) is 6.43. The second-order valence-corrected chi connectivity index (χ2v) is 7.52. The summed E-state index contributed by atoms with van der Waals surface area (Å²) in [6.07, 6.45) is 8.33. The lowest BCUT2D eigenvalue weighted by Gasteiger charge is -2.34. The third-order valence-corrected chi connectivity index (χ3v) is 5.66. The van der Waals surface area contributed by atoms with Crippen LogP contribution in [0.4, 0.5) is 0 Å². The van der Waals surface area contributed by atoms with Crippen LogP contribution in [-0.4, -0.2) is 18.1 Å². The van der Waals surface area contributed by atoms with E-state index in [-0.39, 0.29) is 5.60 Å². The van der Waals surface area contributed by atoms with Crippen molar-refractivity contribution in [2.24, 2.45) is 0 Å². The van der Waals surface area contributed by atoms with Crippen molar-refractivity contribution in [3.8, 4) is 0 Å². The number of methoxy groups -OCH3 is 1. The van der Waals surface area contributed by atoms with Crippen LogP contribution in [0.15, 0.2) is 0 Å². The van der Waals surface area contributed by atoms with E-state index in [9.17, 15) is 0 Å². The van der Waals surface area contributed by atoms with Gasteiger partial charge in [0.15, 0.2) is 0 Å². The van der Waals surface area contributed by atoms with Gasteiger partial charge in [-0.15, -0.1) is 11.3 Å². The predicted molar refractivity (Wildman–Crippen MR) is 89.9 cm³/mol. The number of hydrogen-bond acceptors (Lipinski definition) is 4. The average Bonchev–Trinajstić information content (AvgIpc) is 2.90. The van der Waals surface area contributed by atoms with E-state index in [0.29, 0.717) is 6.04 Å². The Hall–Kier alpha value is -0.450. The van der Waals surface area contributed by atoms with Gasteiger partial charge in [0.1, 0.15) is 10.6 Å². The van der Waals surface area contributed by atoms with Crippen LogP contribution in [0, 0.1) is 0 Å². The lowest BCUT2D eigenvalue weighted by molar-refractivity contribution is -0.0447. The standard InChI is InChI=1S/C17H30N2OS/c1-5-9-14-15(12-18-13(2)3)21-16(19-14)17(20-4)10-7-6-8-11-17/h13,18H,5-12H2,1-4H3. The van der Waals surface area contributed by atoms with Gasteiger partial charge in [0, 0.05) is 24.6 Å². The van der Waals surface area contributed by atoms with Gasteiger partial charge in [0.05, 0.1) is 5.69 Å². The normalized spacial score (nSPS) is 18.3. The molecule has 0 bridgehead atoms. The van der Waals surface area contributed by atoms with Gasteiger partial charge in [-0.3, -0.25) is 0 Å². The number of thiazole rings is 1. The number of nitrogens with zero attached hydrogens (tertiary/aromatic N) is 1. The molecule has 1 fully saturated rings. The first-order chi connectivity index (χ1) is 10.1. The molecule has 1 heterocycles. The van der Waals surface area contributed by atoms with Crippen molar-refractivity contribution in [3.63, 3.8) is 0 Å². The summed E-state index contributed by atoms with van der Waals surface area (Å²) in [5, 5.41) is 4.75. The summed E-state index contributed by atoms with van der Waals surface area (Å²) in [7, 11) is 1.86. The summed E-state index contributed by atoms with van der Waals surface area (Å²) in [5.74, 6) is 0. The number of ether oxygens (including phenoxy) is 1. The first kappa shape index (κ1) is 16.9. The van der Waals surface area contributed by atoms with Gasteiger partial charge in [-0.25, -0.2) is 4.98 Å². The number of rotatable bonds is 7. The van der Waals surface area contributed by atoms with Crippen molar-refractivity contribution in [2.45, 2.75) is 83.9 Å². The highest BCUT2D eigenvalue weighted by Gasteiger charge is 2.37. The molecular formula is C17H30N2OS. The van der Waals surface area contributed by atoms with Gasteiger partial charge in [0.2, 0.25) is 0 Å². The van der Waals surface area contributed by atoms with E-state index in [1.54, 1.807) is 0 Å². The largest absolute Gasteiger partial charge is 0.371 e. The van der Waals surface area contributed by atoms with Gasteiger partial charge >= 0.3 is 0 Å². The highest BCUT2D eigenvalue weighted by Crippen LogP contribution is 2.42. The first-order valence-electron chi connectivity index (χ1n) is 8.39. The number of aryl methyl sites for hydroxylation is 1. The van der Waals surface area contributed by atoms with Crippen molar-refractivity contribution in [3.05, 3.63) is 15.6 Å². The molecule has 1 saturated carbocycles. The molecule has 21 heavy (non-hydrogen) atoms. The summed E-state index contributed by atoms with van der Waals surface area (Å²) in [4.78, 5) is 6.40. The molecule has 4 heteroatoms. The fraction of sp³-hybridized carbons (Fsp3) is 0.824. The fourth-order valence-electron chi connectivity index (χ4n) is 3.07. The molecule has 0 saturated heterocycles. The molecule has 1 aliphatic carbocycles. The molecular weight excluding hydrogens is 280 g/mol. The van der Waals surface area contributed by atoms with Crippen LogP contribution >= 0.6 is 11.3 Å². The molecule has 0 radical (unpaired) electrons. The van der Waals surface area contributed by atoms with Crippen molar-refractivity contribution in [1.82, 2.24) is 10.3 Å². The smallest absolute Gasteiger partial charge is 0.125 e. The minimum Gasteiger partial charge on any atom is -0.371 e. The third kappa shape index (κ3) is 4.05. The Morgan fingerprint density at radius 2 is 2.00 bits per heavy atom. The molecule has 120 valence electrons. The quantitative estimate of drug-likeness (QED) is 0.810. The SMILES string of the molecule is CCCc1nc(C2(OC)CCCCC2)sc1CNC(C)C. The topological polar surface area (TPSA) is 34.1 Å². The molecule has 2 rings (SSSR count). The summed E-state index contributed by atoms with van der Waals surface area (Å²) >= 11 is 1.87. The summed E-state index contributed by atoms with van der Waals surface area (Å²) in [5.41, 5.74) is 1.18. The van der Waals surface area contributed by atoms with E-state index in [0.717, 1.165) is 32.2 Å². The Bertz CT molecular complexity index is 436. The van der Waals surface area contributed by atoms with E-state index in [1.807, 2.05) is 18.4 Å². The van der Waals surface area contributed by atoms with Crippen molar-refractivity contribution in [2.75, 3.05) is 7.11 Å². The molecule has 1 N–H and O–H groups in total. The number of nitrogens with one attached hydrogen (secondary N) is 1. The average molecular weight is 311 g/mol. The number of hydrogen-bond donors (Lipinski definition) is 1. The van der Waals surface area contributed by atoms with Crippen molar-refractivity contribution in [1.29, 1.82) is 0 Å². The maximum Gasteiger partial charge on any atom is 0.125 e. The van der Waals surface area contributed by atoms with E-state index in [1.165, 1.54) is 34.8 Å². The number of aromatic nitrogens is 1. The van der Waals surface area contributed by atoms with Gasteiger partial charge in [-0.2, -0.15) is 0 Å². The minimum atomic E-state index is -0.110. The maximum absolute atomic E-state index is 5.96. The van der Waals surface area contributed by atoms with E-state index < -0.39 is 0 Å².